The van der Waals surface area contributed by atoms with Crippen LogP contribution in [0.4, 0.5) is 0 Å². The summed E-state index contributed by atoms with van der Waals surface area (Å²) in [6, 6.07) is 19.8. The molecule has 0 atom stereocenters. The van der Waals surface area contributed by atoms with E-state index in [-0.39, 0.29) is 5.78 Å². The Kier molecular flexibility index (Phi) is 7.28. The van der Waals surface area contributed by atoms with Gasteiger partial charge in [0.15, 0.2) is 5.78 Å². The lowest BCUT2D eigenvalue weighted by Gasteiger charge is -2.16. The number of hydrogen-bond donors (Lipinski definition) is 0. The van der Waals surface area contributed by atoms with Gasteiger partial charge in [0.25, 0.3) is 0 Å². The van der Waals surface area contributed by atoms with Gasteiger partial charge in [0.05, 0.1) is 16.3 Å². The van der Waals surface area contributed by atoms with Crippen molar-refractivity contribution >= 4 is 28.7 Å². The zero-order valence-electron chi connectivity index (χ0n) is 18.8. The van der Waals surface area contributed by atoms with Crippen LogP contribution < -0.4 is 4.74 Å². The molecular formula is C26H25ClN2O3S. The third-order valence-electron chi connectivity index (χ3n) is 5.30. The number of Topliss-reactive ketones (excluding diaryl/α,β-unsaturated/α-hetero) is 1. The van der Waals surface area contributed by atoms with Gasteiger partial charge >= 0.3 is 0 Å². The van der Waals surface area contributed by atoms with Crippen LogP contribution in [0.1, 0.15) is 27.4 Å². The number of rotatable bonds is 9. The number of thiophene rings is 1. The van der Waals surface area contributed by atoms with Gasteiger partial charge in [-0.05, 0) is 55.1 Å². The molecular weight excluding hydrogens is 456 g/mol. The Balaban J connectivity index is 1.47. The van der Waals surface area contributed by atoms with Crippen LogP contribution in [0.25, 0.3) is 22.4 Å². The van der Waals surface area contributed by atoms with E-state index in [1.165, 1.54) is 22.5 Å². The summed E-state index contributed by atoms with van der Waals surface area (Å²) in [4.78, 5) is 15.1. The summed E-state index contributed by atoms with van der Waals surface area (Å²) in [5.74, 6) is 1.60. The van der Waals surface area contributed by atoms with E-state index in [9.17, 15) is 4.79 Å². The number of hydrogen-bond acceptors (Lipinski definition) is 6. The highest BCUT2D eigenvalue weighted by Gasteiger charge is 2.13. The number of benzene rings is 2. The molecule has 0 aliphatic heterocycles. The van der Waals surface area contributed by atoms with Crippen LogP contribution in [0, 0.1) is 0 Å². The third-order valence-corrected chi connectivity index (χ3v) is 6.57. The van der Waals surface area contributed by atoms with Gasteiger partial charge in [0.1, 0.15) is 17.2 Å². The number of nitrogens with zero attached hydrogens (tertiary/aromatic N) is 2. The van der Waals surface area contributed by atoms with Gasteiger partial charge in [-0.15, -0.1) is 11.3 Å². The fourth-order valence-electron chi connectivity index (χ4n) is 3.66. The quantitative estimate of drug-likeness (QED) is 0.252. The van der Waals surface area contributed by atoms with E-state index in [0.717, 1.165) is 29.1 Å². The van der Waals surface area contributed by atoms with E-state index in [4.69, 9.17) is 20.9 Å². The molecule has 0 fully saturated rings. The molecule has 4 aromatic rings. The van der Waals surface area contributed by atoms with E-state index in [1.807, 2.05) is 24.3 Å². The first-order chi connectivity index (χ1) is 15.9. The molecule has 0 saturated heterocycles. The number of carbonyl (C=O) groups excluding carboxylic acids is 1. The Labute approximate surface area is 202 Å². The van der Waals surface area contributed by atoms with Gasteiger partial charge in [-0.3, -0.25) is 4.79 Å². The number of aromatic nitrogens is 1. The number of aryl methyl sites for hydroxylation is 1. The molecule has 0 spiro atoms. The van der Waals surface area contributed by atoms with Gasteiger partial charge in [-0.2, -0.15) is 0 Å². The Hall–Kier alpha value is -2.93. The molecule has 0 aliphatic rings. The fraction of sp³-hybridized carbons (Fsp3) is 0.231. The van der Waals surface area contributed by atoms with Crippen LogP contribution in [0.2, 0.25) is 4.34 Å². The average molecular weight is 481 g/mol. The molecule has 0 bridgehead atoms. The summed E-state index contributed by atoms with van der Waals surface area (Å²) in [6.07, 6.45) is 0.857. The van der Waals surface area contributed by atoms with Crippen LogP contribution >= 0.6 is 22.9 Å². The SMILES string of the molecule is COc1ccc(-c2ccc(-c3cc(CCC(=O)c4ccc(Cl)s4)on3)cc2)c(CN(C)C)c1. The maximum atomic E-state index is 12.3. The molecule has 170 valence electrons. The summed E-state index contributed by atoms with van der Waals surface area (Å²) in [5.41, 5.74) is 5.22. The number of halogens is 1. The molecule has 0 radical (unpaired) electrons. The third kappa shape index (κ3) is 5.71. The van der Waals surface area contributed by atoms with Crippen molar-refractivity contribution in [2.45, 2.75) is 19.4 Å². The second-order valence-corrected chi connectivity index (χ2v) is 9.76. The Morgan fingerprint density at radius 2 is 1.82 bits per heavy atom. The van der Waals surface area contributed by atoms with Crippen molar-refractivity contribution in [2.75, 3.05) is 21.2 Å². The number of ketones is 1. The van der Waals surface area contributed by atoms with Crippen LogP contribution in [0.15, 0.2) is 65.2 Å². The van der Waals surface area contributed by atoms with Crippen molar-refractivity contribution in [3.8, 4) is 28.1 Å². The highest BCUT2D eigenvalue weighted by Crippen LogP contribution is 2.30. The minimum atomic E-state index is 0.0576. The first kappa shape index (κ1) is 23.2. The topological polar surface area (TPSA) is 55.6 Å². The zero-order chi connectivity index (χ0) is 23.4. The normalized spacial score (nSPS) is 11.2. The van der Waals surface area contributed by atoms with Gasteiger partial charge < -0.3 is 14.2 Å². The molecule has 2 heterocycles. The highest BCUT2D eigenvalue weighted by atomic mass is 35.5. The van der Waals surface area contributed by atoms with Gasteiger partial charge in [-0.1, -0.05) is 47.1 Å². The van der Waals surface area contributed by atoms with E-state index in [2.05, 4.69) is 48.4 Å². The summed E-state index contributed by atoms with van der Waals surface area (Å²) in [6.45, 7) is 0.817. The molecule has 0 N–H and O–H groups in total. The second kappa shape index (κ2) is 10.3. The average Bonchev–Trinajstić information content (AvgIpc) is 3.46. The minimum Gasteiger partial charge on any atom is -0.497 e. The minimum absolute atomic E-state index is 0.0576. The molecule has 4 rings (SSSR count). The first-order valence-corrected chi connectivity index (χ1v) is 11.8. The van der Waals surface area contributed by atoms with E-state index in [1.54, 1.807) is 19.2 Å². The molecule has 2 aromatic carbocycles. The van der Waals surface area contributed by atoms with Crippen LogP contribution in [0.3, 0.4) is 0 Å². The number of ether oxygens (including phenoxy) is 1. The molecule has 33 heavy (non-hydrogen) atoms. The monoisotopic (exact) mass is 480 g/mol. The summed E-state index contributed by atoms with van der Waals surface area (Å²) in [7, 11) is 5.79. The fourth-order valence-corrected chi connectivity index (χ4v) is 4.67. The van der Waals surface area contributed by atoms with Crippen LogP contribution in [-0.4, -0.2) is 37.0 Å². The second-order valence-electron chi connectivity index (χ2n) is 8.04. The lowest BCUT2D eigenvalue weighted by atomic mass is 9.97. The van der Waals surface area contributed by atoms with Gasteiger partial charge in [-0.25, -0.2) is 0 Å². The zero-order valence-corrected chi connectivity index (χ0v) is 20.4. The molecule has 2 aromatic heterocycles. The van der Waals surface area contributed by atoms with E-state index >= 15 is 0 Å². The smallest absolute Gasteiger partial charge is 0.173 e. The predicted octanol–water partition coefficient (Wildman–Crippen LogP) is 6.61. The molecule has 0 unspecified atom stereocenters. The summed E-state index contributed by atoms with van der Waals surface area (Å²) >= 11 is 7.22. The van der Waals surface area contributed by atoms with Crippen molar-refractivity contribution in [1.82, 2.24) is 10.1 Å². The first-order valence-electron chi connectivity index (χ1n) is 10.6. The maximum absolute atomic E-state index is 12.3. The molecule has 0 amide bonds. The highest BCUT2D eigenvalue weighted by molar-refractivity contribution is 7.18. The summed E-state index contributed by atoms with van der Waals surface area (Å²) < 4.78 is 11.5. The van der Waals surface area contributed by atoms with Gasteiger partial charge in [0, 0.05) is 31.0 Å². The predicted molar refractivity (Wildman–Crippen MR) is 133 cm³/mol. The largest absolute Gasteiger partial charge is 0.497 e. The molecule has 0 aliphatic carbocycles. The Morgan fingerprint density at radius 3 is 2.48 bits per heavy atom. The lowest BCUT2D eigenvalue weighted by Crippen LogP contribution is -2.11. The molecule has 0 saturated carbocycles. The van der Waals surface area contributed by atoms with Crippen molar-refractivity contribution < 1.29 is 14.1 Å². The maximum Gasteiger partial charge on any atom is 0.173 e. The molecule has 7 heteroatoms. The van der Waals surface area contributed by atoms with Crippen LogP contribution in [-0.2, 0) is 13.0 Å². The summed E-state index contributed by atoms with van der Waals surface area (Å²) in [5, 5.41) is 4.20. The Bertz CT molecular complexity index is 1240. The standard InChI is InChI=1S/C26H25ClN2O3S/c1-29(2)16-19-14-20(31-3)8-10-22(19)17-4-6-18(7-5-17)23-15-21(32-28-23)9-11-24(30)25-12-13-26(27)33-25/h4-8,10,12-15H,9,11,16H2,1-3H3. The van der Waals surface area contributed by atoms with Crippen molar-refractivity contribution in [3.05, 3.63) is 81.2 Å². The van der Waals surface area contributed by atoms with Crippen LogP contribution in [0.5, 0.6) is 5.75 Å². The van der Waals surface area contributed by atoms with Gasteiger partial charge in [0.2, 0.25) is 0 Å². The van der Waals surface area contributed by atoms with Crippen molar-refractivity contribution in [3.63, 3.8) is 0 Å². The van der Waals surface area contributed by atoms with E-state index < -0.39 is 0 Å². The molecule has 5 nitrogen and oxygen atoms in total. The number of methoxy groups -OCH3 is 1. The van der Waals surface area contributed by atoms with Crippen molar-refractivity contribution in [2.24, 2.45) is 0 Å². The number of carbonyl (C=O) groups is 1. The lowest BCUT2D eigenvalue weighted by molar-refractivity contribution is 0.0984. The Morgan fingerprint density at radius 1 is 1.06 bits per heavy atom. The van der Waals surface area contributed by atoms with Crippen molar-refractivity contribution in [1.29, 1.82) is 0 Å². The van der Waals surface area contributed by atoms with E-state index in [0.29, 0.717) is 27.8 Å².